The molecule has 1 aliphatic rings. The molecule has 7 heteroatoms. The Morgan fingerprint density at radius 2 is 2.33 bits per heavy atom. The molecule has 0 bridgehead atoms. The molecule has 1 atom stereocenters. The first-order valence-corrected chi connectivity index (χ1v) is 6.66. The number of nitrogens with zero attached hydrogens (tertiary/aromatic N) is 2. The standard InChI is InChI=1S/C8H9I2N3O2/c9-5-6(10)12-7(11-5)4-2-1-3-13(4)8(14)15/h4H,1-3H2,(H,11,12)(H,14,15)/t4-/m0/s1. The van der Waals surface area contributed by atoms with Gasteiger partial charge in [-0.15, -0.1) is 0 Å². The largest absolute Gasteiger partial charge is 0.465 e. The highest BCUT2D eigenvalue weighted by Crippen LogP contribution is 2.31. The lowest BCUT2D eigenvalue weighted by atomic mass is 10.2. The maximum atomic E-state index is 11.0. The highest BCUT2D eigenvalue weighted by molar-refractivity contribution is 14.1. The number of rotatable bonds is 1. The van der Waals surface area contributed by atoms with Crippen molar-refractivity contribution in [3.8, 4) is 0 Å². The first kappa shape index (κ1) is 11.4. The van der Waals surface area contributed by atoms with Crippen molar-refractivity contribution < 1.29 is 9.90 Å². The number of amides is 1. The van der Waals surface area contributed by atoms with E-state index in [0.717, 1.165) is 26.1 Å². The van der Waals surface area contributed by atoms with E-state index in [1.807, 2.05) is 0 Å². The van der Waals surface area contributed by atoms with Gasteiger partial charge in [0, 0.05) is 6.54 Å². The number of likely N-dealkylation sites (tertiary alicyclic amines) is 1. The summed E-state index contributed by atoms with van der Waals surface area (Å²) in [6, 6.07) is -0.0977. The Morgan fingerprint density at radius 1 is 1.60 bits per heavy atom. The fourth-order valence-electron chi connectivity index (χ4n) is 1.78. The highest BCUT2D eigenvalue weighted by atomic mass is 127. The Hall–Kier alpha value is -0.0600. The quantitative estimate of drug-likeness (QED) is 0.669. The minimum absolute atomic E-state index is 0.0977. The van der Waals surface area contributed by atoms with Crippen molar-refractivity contribution in [2.45, 2.75) is 18.9 Å². The van der Waals surface area contributed by atoms with E-state index >= 15 is 0 Å². The van der Waals surface area contributed by atoms with E-state index in [-0.39, 0.29) is 6.04 Å². The first-order valence-electron chi connectivity index (χ1n) is 4.50. The lowest BCUT2D eigenvalue weighted by Gasteiger charge is -2.19. The van der Waals surface area contributed by atoms with Crippen molar-refractivity contribution in [1.29, 1.82) is 0 Å². The molecule has 15 heavy (non-hydrogen) atoms. The molecule has 2 rings (SSSR count). The molecule has 0 aromatic carbocycles. The van der Waals surface area contributed by atoms with Gasteiger partial charge in [-0.1, -0.05) is 0 Å². The minimum Gasteiger partial charge on any atom is -0.465 e. The van der Waals surface area contributed by atoms with Gasteiger partial charge in [-0.2, -0.15) is 0 Å². The zero-order valence-electron chi connectivity index (χ0n) is 7.70. The van der Waals surface area contributed by atoms with Gasteiger partial charge in [-0.3, -0.25) is 4.90 Å². The second kappa shape index (κ2) is 4.44. The zero-order chi connectivity index (χ0) is 11.0. The van der Waals surface area contributed by atoms with Crippen LogP contribution >= 0.6 is 45.2 Å². The molecule has 82 valence electrons. The lowest BCUT2D eigenvalue weighted by Crippen LogP contribution is -2.29. The fraction of sp³-hybridized carbons (Fsp3) is 0.500. The number of halogens is 2. The molecule has 1 amide bonds. The molecule has 0 aliphatic carbocycles. The fourth-order valence-corrected chi connectivity index (χ4v) is 2.58. The summed E-state index contributed by atoms with van der Waals surface area (Å²) in [6.45, 7) is 0.605. The lowest BCUT2D eigenvalue weighted by molar-refractivity contribution is 0.138. The average Bonchev–Trinajstić information content (AvgIpc) is 2.73. The van der Waals surface area contributed by atoms with Crippen LogP contribution in [0.1, 0.15) is 24.7 Å². The molecule has 1 aliphatic heterocycles. The molecule has 0 spiro atoms. The Bertz CT molecular complexity index is 374. The number of imidazole rings is 1. The average molecular weight is 433 g/mol. The highest BCUT2D eigenvalue weighted by Gasteiger charge is 2.32. The van der Waals surface area contributed by atoms with Crippen LogP contribution in [0.4, 0.5) is 4.79 Å². The smallest absolute Gasteiger partial charge is 0.407 e. The summed E-state index contributed by atoms with van der Waals surface area (Å²) < 4.78 is 1.88. The van der Waals surface area contributed by atoms with E-state index in [1.165, 1.54) is 4.90 Å². The van der Waals surface area contributed by atoms with E-state index in [4.69, 9.17) is 5.11 Å². The van der Waals surface area contributed by atoms with E-state index in [1.54, 1.807) is 0 Å². The number of aromatic amines is 1. The summed E-state index contributed by atoms with van der Waals surface area (Å²) in [6.07, 6.45) is 0.899. The third-order valence-electron chi connectivity index (χ3n) is 2.45. The topological polar surface area (TPSA) is 69.2 Å². The van der Waals surface area contributed by atoms with E-state index in [2.05, 4.69) is 55.1 Å². The van der Waals surface area contributed by atoms with Crippen LogP contribution in [-0.2, 0) is 0 Å². The van der Waals surface area contributed by atoms with Crippen LogP contribution in [0.2, 0.25) is 0 Å². The van der Waals surface area contributed by atoms with Crippen LogP contribution in [0.5, 0.6) is 0 Å². The molecule has 0 unspecified atom stereocenters. The monoisotopic (exact) mass is 433 g/mol. The van der Waals surface area contributed by atoms with Gasteiger partial charge >= 0.3 is 6.09 Å². The molecule has 2 N–H and O–H groups in total. The first-order chi connectivity index (χ1) is 7.09. The minimum atomic E-state index is -0.862. The van der Waals surface area contributed by atoms with Gasteiger partial charge in [0.2, 0.25) is 0 Å². The Labute approximate surface area is 114 Å². The van der Waals surface area contributed by atoms with Gasteiger partial charge in [0.05, 0.1) is 6.04 Å². The van der Waals surface area contributed by atoms with Gasteiger partial charge < -0.3 is 10.1 Å². The maximum absolute atomic E-state index is 11.0. The Kier molecular flexibility index (Phi) is 3.38. The third kappa shape index (κ3) is 2.22. The molecule has 1 aromatic heterocycles. The second-order valence-electron chi connectivity index (χ2n) is 3.36. The number of hydrogen-bond donors (Lipinski definition) is 2. The van der Waals surface area contributed by atoms with Crippen molar-refractivity contribution in [3.63, 3.8) is 0 Å². The normalized spacial score (nSPS) is 20.9. The van der Waals surface area contributed by atoms with Gasteiger partial charge in [0.1, 0.15) is 13.2 Å². The molecular formula is C8H9I2N3O2. The van der Waals surface area contributed by atoms with E-state index in [0.29, 0.717) is 6.54 Å². The summed E-state index contributed by atoms with van der Waals surface area (Å²) >= 11 is 4.30. The number of aromatic nitrogens is 2. The van der Waals surface area contributed by atoms with Gasteiger partial charge in [-0.25, -0.2) is 9.78 Å². The SMILES string of the molecule is O=C(O)N1CCC[C@H]1c1nc(I)c(I)[nH]1. The number of nitrogens with one attached hydrogen (secondary N) is 1. The predicted molar refractivity (Wildman–Crippen MR) is 70.7 cm³/mol. The number of carbonyl (C=O) groups is 1. The second-order valence-corrected chi connectivity index (χ2v) is 5.46. The van der Waals surface area contributed by atoms with Crippen LogP contribution in [0.3, 0.4) is 0 Å². The number of hydrogen-bond acceptors (Lipinski definition) is 2. The van der Waals surface area contributed by atoms with Crippen molar-refractivity contribution in [2.24, 2.45) is 0 Å². The van der Waals surface area contributed by atoms with Crippen LogP contribution in [0.15, 0.2) is 0 Å². The van der Waals surface area contributed by atoms with Gasteiger partial charge in [-0.05, 0) is 58.0 Å². The van der Waals surface area contributed by atoms with Crippen LogP contribution in [-0.4, -0.2) is 32.6 Å². The predicted octanol–water partition coefficient (Wildman–Crippen LogP) is 2.43. The molecule has 1 saturated heterocycles. The summed E-state index contributed by atoms with van der Waals surface area (Å²) in [5.41, 5.74) is 0. The van der Waals surface area contributed by atoms with E-state index in [9.17, 15) is 4.79 Å². The maximum Gasteiger partial charge on any atom is 0.407 e. The van der Waals surface area contributed by atoms with E-state index < -0.39 is 6.09 Å². The molecular weight excluding hydrogens is 424 g/mol. The van der Waals surface area contributed by atoms with Crippen molar-refractivity contribution >= 4 is 51.3 Å². The number of H-pyrrole nitrogens is 1. The van der Waals surface area contributed by atoms with Crippen molar-refractivity contribution in [1.82, 2.24) is 14.9 Å². The summed E-state index contributed by atoms with van der Waals surface area (Å²) in [5, 5.41) is 9.00. The third-order valence-corrected chi connectivity index (χ3v) is 5.04. The molecule has 1 fully saturated rings. The van der Waals surface area contributed by atoms with Crippen molar-refractivity contribution in [2.75, 3.05) is 6.54 Å². The van der Waals surface area contributed by atoms with Crippen LogP contribution in [0.25, 0.3) is 0 Å². The van der Waals surface area contributed by atoms with Crippen LogP contribution < -0.4 is 0 Å². The van der Waals surface area contributed by atoms with Gasteiger partial charge in [0.15, 0.2) is 0 Å². The molecule has 0 radical (unpaired) electrons. The molecule has 2 heterocycles. The van der Waals surface area contributed by atoms with Gasteiger partial charge in [0.25, 0.3) is 0 Å². The molecule has 5 nitrogen and oxygen atoms in total. The summed E-state index contributed by atoms with van der Waals surface area (Å²) in [4.78, 5) is 19.9. The van der Waals surface area contributed by atoms with Crippen molar-refractivity contribution in [3.05, 3.63) is 13.2 Å². The zero-order valence-corrected chi connectivity index (χ0v) is 12.0. The summed E-state index contributed by atoms with van der Waals surface area (Å²) in [7, 11) is 0. The summed E-state index contributed by atoms with van der Waals surface area (Å²) in [5.74, 6) is 0.767. The Morgan fingerprint density at radius 3 is 2.87 bits per heavy atom. The number of carboxylic acid groups (broad SMARTS) is 1. The van der Waals surface area contributed by atoms with Crippen LogP contribution in [0, 0.1) is 7.40 Å². The molecule has 1 aromatic rings. The Balaban J connectivity index is 2.26. The molecule has 0 saturated carbocycles.